The molecule has 136 heavy (non-hydrogen) atoms. The molecule has 15 unspecified atom stereocenters. The van der Waals surface area contributed by atoms with Crippen LogP contribution >= 0.6 is 7.82 Å². The maximum atomic E-state index is 15.6. The van der Waals surface area contributed by atoms with Crippen molar-refractivity contribution in [2.75, 3.05) is 39.5 Å². The normalized spacial score (nSPS) is 26.2. The van der Waals surface area contributed by atoms with Crippen molar-refractivity contribution in [1.29, 1.82) is 0 Å². The minimum Gasteiger partial charge on any atom is -0.477 e. The second kappa shape index (κ2) is 72.0. The Morgan fingerprint density at radius 1 is 0.441 bits per heavy atom. The van der Waals surface area contributed by atoms with Crippen molar-refractivity contribution in [3.63, 3.8) is 0 Å². The van der Waals surface area contributed by atoms with Gasteiger partial charge in [-0.2, -0.15) is 4.62 Å². The summed E-state index contributed by atoms with van der Waals surface area (Å²) in [5.41, 5.74) is 1.95. The number of nitrogens with one attached hydrogen (secondary N) is 3. The lowest BCUT2D eigenvalue weighted by atomic mass is 9.90. The average Bonchev–Trinajstić information content (AvgIpc) is 0.848. The van der Waals surface area contributed by atoms with E-state index in [9.17, 15) is 105 Å². The molecule has 4 fully saturated rings. The summed E-state index contributed by atoms with van der Waals surface area (Å²) in [4.78, 5) is 123. The van der Waals surface area contributed by atoms with E-state index in [2.05, 4.69) is 45.3 Å². The lowest BCUT2D eigenvalue weighted by molar-refractivity contribution is -0.379. The van der Waals surface area contributed by atoms with Crippen LogP contribution in [0.25, 0.3) is 0 Å². The number of aliphatic hydroxyl groups excluding tert-OH is 10. The first kappa shape index (κ1) is 124. The molecule has 4 rings (SSSR count). The molecule has 39 heteroatoms. The van der Waals surface area contributed by atoms with Gasteiger partial charge in [0.2, 0.25) is 11.8 Å². The SMILES string of the molecule is CCCCCCCCCCCCCC(=O)OC(CCCCCCCCCCC)CC(=O)OC1CN(OP(=O)(O)O)C(CO[C@@]2(C(=O)O)CC(O[C@]3(C(=O)O)CC(O)[C@H](O)C(C(O)CO)O3)[C@H](O)C(C(O)CO)O2)O[C@@H](OCC2O[C@@H](CNO)C(NC(=O)CC(O)CCCCCCCCCCC)C(O)[C@@H]2O)C1NC(=O)CC(CCCCCCCCCCC)OC(=O)CCCCCCCCCCC. The Morgan fingerprint density at radius 2 is 0.838 bits per heavy atom. The molecule has 18 N–H and O–H groups in total. The maximum absolute atomic E-state index is 15.6. The van der Waals surface area contributed by atoms with E-state index in [4.69, 9.17) is 52.0 Å². The monoisotopic (exact) mass is 1980 g/mol. The molecule has 4 heterocycles. The Bertz CT molecular complexity index is 3230. The van der Waals surface area contributed by atoms with Crippen molar-refractivity contribution in [2.45, 2.75) is 534 Å². The summed E-state index contributed by atoms with van der Waals surface area (Å²) in [6.45, 7) is 3.96. The van der Waals surface area contributed by atoms with Crippen LogP contribution in [0.1, 0.15) is 401 Å². The topological polar surface area (TPSA) is 581 Å². The molecule has 0 aliphatic carbocycles. The van der Waals surface area contributed by atoms with Gasteiger partial charge in [0.1, 0.15) is 79.3 Å². The van der Waals surface area contributed by atoms with Gasteiger partial charge in [-0.15, -0.1) is 5.06 Å². The van der Waals surface area contributed by atoms with Gasteiger partial charge in [-0.1, -0.05) is 311 Å². The summed E-state index contributed by atoms with van der Waals surface area (Å²) in [7, 11) is -6.03. The van der Waals surface area contributed by atoms with Crippen LogP contribution in [0.15, 0.2) is 0 Å². The average molecular weight is 1980 g/mol. The van der Waals surface area contributed by atoms with Crippen LogP contribution < -0.4 is 16.1 Å². The highest BCUT2D eigenvalue weighted by molar-refractivity contribution is 7.46. The van der Waals surface area contributed by atoms with Crippen molar-refractivity contribution >= 4 is 49.5 Å². The molecule has 0 saturated carbocycles. The highest BCUT2D eigenvalue weighted by Crippen LogP contribution is 2.44. The Morgan fingerprint density at radius 3 is 1.26 bits per heavy atom. The van der Waals surface area contributed by atoms with Crippen molar-refractivity contribution in [3.8, 4) is 0 Å². The van der Waals surface area contributed by atoms with Gasteiger partial charge >= 0.3 is 37.7 Å². The number of unbranched alkanes of at least 4 members (excludes halogenated alkanes) is 42. The van der Waals surface area contributed by atoms with E-state index in [0.717, 1.165) is 231 Å². The lowest BCUT2D eigenvalue weighted by Gasteiger charge is -2.49. The quantitative estimate of drug-likeness (QED) is 0.00884. The second-order valence-electron chi connectivity index (χ2n) is 38.1. The second-order valence-corrected chi connectivity index (χ2v) is 39.3. The number of carboxylic acid groups (broad SMARTS) is 2. The number of hydrogen-bond donors (Lipinski definition) is 18. The number of aliphatic hydroxyl groups is 10. The van der Waals surface area contributed by atoms with Crippen LogP contribution in [0.5, 0.6) is 0 Å². The van der Waals surface area contributed by atoms with Crippen molar-refractivity contribution in [2.24, 2.45) is 0 Å². The molecule has 2 amide bonds. The third kappa shape index (κ3) is 49.3. The summed E-state index contributed by atoms with van der Waals surface area (Å²) < 4.78 is 80.8. The fourth-order valence-corrected chi connectivity index (χ4v) is 18.6. The Hall–Kier alpha value is -4.40. The van der Waals surface area contributed by atoms with Gasteiger partial charge in [0.25, 0.3) is 11.6 Å². The van der Waals surface area contributed by atoms with Crippen LogP contribution in [-0.4, -0.2) is 296 Å². The fourth-order valence-electron chi connectivity index (χ4n) is 18.2. The number of ether oxygens (including phenoxy) is 10. The third-order valence-corrected chi connectivity index (χ3v) is 26.6. The van der Waals surface area contributed by atoms with Gasteiger partial charge in [0.15, 0.2) is 12.5 Å². The minimum absolute atomic E-state index is 0.00148. The number of esters is 3. The van der Waals surface area contributed by atoms with Crippen molar-refractivity contribution in [1.82, 2.24) is 21.2 Å². The molecule has 4 aliphatic heterocycles. The molecule has 0 aromatic heterocycles. The van der Waals surface area contributed by atoms with E-state index in [-0.39, 0.29) is 32.1 Å². The molecule has 0 aromatic carbocycles. The number of hydroxylamine groups is 3. The number of aliphatic carboxylic acids is 2. The summed E-state index contributed by atoms with van der Waals surface area (Å²) in [6, 6.07) is -3.57. The first-order valence-electron chi connectivity index (χ1n) is 52.1. The van der Waals surface area contributed by atoms with E-state index in [1.165, 1.54) is 25.7 Å². The van der Waals surface area contributed by atoms with Gasteiger partial charge in [-0.05, 0) is 44.9 Å². The predicted octanol–water partition coefficient (Wildman–Crippen LogP) is 11.4. The summed E-state index contributed by atoms with van der Waals surface area (Å²) in [5.74, 6) is -15.2. The van der Waals surface area contributed by atoms with E-state index in [1.807, 2.05) is 5.48 Å². The molecular weight excluding hydrogens is 1800 g/mol. The zero-order valence-electron chi connectivity index (χ0n) is 82.5. The van der Waals surface area contributed by atoms with Gasteiger partial charge < -0.3 is 134 Å². The standard InChI is InChI=1S/C97H179N4O34P/c1-6-11-16-21-26-31-32-37-42-47-52-57-83(111)128-71(55-50-45-40-35-29-24-19-14-9-4)60-84(112)130-77-64-101(135-136(122,123)124)81(68-126-96(94(117)118)62-75(89(115)92(133-96)74(107)66-103)132-97(95(119)120)61-72(105)87(113)91(134-97)73(106)65-102)131-93(125-67-78-88(114)90(116)85(76(129-78)63-98-121)99-79(108)58-69(104)53-48-43-38-33-27-22-17-12-7-2)86(77)100-80(109)59-70(54-49-44-39-34-28-23-18-13-8-3)127-82(110)56-51-46-41-36-30-25-20-15-10-5/h69-78,81,85-93,98,102-107,113-116,121H,6-68H2,1-5H3,(H,99,108)(H,100,109)(H,117,118)(H,119,120)(H2,122,123,124)/t69?,70?,71?,72?,73?,74?,75?,76-,77?,78?,81?,85?,86?,87-,88+,89-,90?,91?,92?,93+,96-,97+/m0/s1. The molecule has 0 radical (unpaired) electrons. The molecule has 4 saturated heterocycles. The molecule has 38 nitrogen and oxygen atoms in total. The van der Waals surface area contributed by atoms with Gasteiger partial charge in [-0.25, -0.2) is 19.6 Å². The number of hydrogen-bond acceptors (Lipinski definition) is 32. The zero-order chi connectivity index (χ0) is 100. The van der Waals surface area contributed by atoms with Crippen LogP contribution in [0.4, 0.5) is 0 Å². The molecule has 22 atom stereocenters. The van der Waals surface area contributed by atoms with Crippen LogP contribution in [0.3, 0.4) is 0 Å². The number of carbonyl (C=O) groups is 7. The minimum atomic E-state index is -6.03. The molecular formula is C97H179N4O34P. The predicted molar refractivity (Wildman–Crippen MR) is 501 cm³/mol. The number of carbonyl (C=O) groups excluding carboxylic acids is 5. The summed E-state index contributed by atoms with van der Waals surface area (Å²) >= 11 is 0. The van der Waals surface area contributed by atoms with Gasteiger partial charge in [0.05, 0.1) is 82.7 Å². The Labute approximate surface area is 807 Å². The van der Waals surface area contributed by atoms with Crippen molar-refractivity contribution in [3.05, 3.63) is 0 Å². The van der Waals surface area contributed by atoms with Gasteiger partial charge in [-0.3, -0.25) is 24.0 Å². The van der Waals surface area contributed by atoms with Gasteiger partial charge in [0, 0.05) is 32.2 Å². The fraction of sp³-hybridized carbons (Fsp3) is 0.928. The van der Waals surface area contributed by atoms with E-state index in [1.54, 1.807) is 0 Å². The van der Waals surface area contributed by atoms with Crippen molar-refractivity contribution < 1.29 is 166 Å². The van der Waals surface area contributed by atoms with E-state index >= 15 is 9.59 Å². The van der Waals surface area contributed by atoms with Crippen LogP contribution in [-0.2, 0) is 90.1 Å². The number of phosphoric acid groups is 1. The molecule has 796 valence electrons. The largest absolute Gasteiger partial charge is 0.486 e. The first-order chi connectivity index (χ1) is 65.3. The maximum Gasteiger partial charge on any atom is 0.486 e. The number of carboxylic acids is 2. The number of amides is 2. The molecule has 4 aliphatic rings. The van der Waals surface area contributed by atoms with E-state index in [0.29, 0.717) is 50.0 Å². The third-order valence-electron chi connectivity index (χ3n) is 26.2. The highest BCUT2D eigenvalue weighted by atomic mass is 31.2. The molecule has 0 bridgehead atoms. The number of rotatable bonds is 81. The Balaban J connectivity index is 1.97. The molecule has 0 aromatic rings. The lowest BCUT2D eigenvalue weighted by Crippen LogP contribution is -2.68. The first-order valence-corrected chi connectivity index (χ1v) is 53.6. The zero-order valence-corrected chi connectivity index (χ0v) is 83.3. The smallest absolute Gasteiger partial charge is 0.477 e. The summed E-state index contributed by atoms with van der Waals surface area (Å²) in [6.07, 6.45) is 5.73. The van der Waals surface area contributed by atoms with E-state index < -0.39 is 255 Å². The summed E-state index contributed by atoms with van der Waals surface area (Å²) in [5, 5.41) is 150. The molecule has 0 spiro atoms. The van der Waals surface area contributed by atoms with Crippen LogP contribution in [0, 0.1) is 0 Å². The van der Waals surface area contributed by atoms with Crippen LogP contribution in [0.2, 0.25) is 0 Å². The number of nitrogens with zero attached hydrogens (tertiary/aromatic N) is 1. The Kier molecular flexibility index (Phi) is 65.6. The highest BCUT2D eigenvalue weighted by Gasteiger charge is 2.62.